The van der Waals surface area contributed by atoms with Crippen molar-refractivity contribution in [3.8, 4) is 0 Å². The third-order valence-corrected chi connectivity index (χ3v) is 3.55. The van der Waals surface area contributed by atoms with Crippen LogP contribution in [0.4, 0.5) is 9.59 Å². The van der Waals surface area contributed by atoms with E-state index in [0.29, 0.717) is 12.2 Å². The van der Waals surface area contributed by atoms with Crippen LogP contribution in [0.5, 0.6) is 0 Å². The molecule has 0 bridgehead atoms. The van der Waals surface area contributed by atoms with Gasteiger partial charge in [-0.1, -0.05) is 0 Å². The number of thioether (sulfide) groups is 1. The van der Waals surface area contributed by atoms with Gasteiger partial charge in [0.15, 0.2) is 0 Å². The van der Waals surface area contributed by atoms with Gasteiger partial charge >= 0.3 is 18.0 Å². The van der Waals surface area contributed by atoms with Gasteiger partial charge in [0.1, 0.15) is 18.4 Å². The summed E-state index contributed by atoms with van der Waals surface area (Å²) < 4.78 is 0. The first kappa shape index (κ1) is 12.8. The molecule has 8 nitrogen and oxygen atoms in total. The number of carboxylic acid groups (broad SMARTS) is 1. The molecule has 0 radical (unpaired) electrons. The van der Waals surface area contributed by atoms with E-state index in [-0.39, 0.29) is 0 Å². The zero-order valence-corrected chi connectivity index (χ0v) is 10.5. The molecule has 0 aromatic rings. The number of carbonyl (C=O) groups is 3. The van der Waals surface area contributed by atoms with Crippen LogP contribution in [0.1, 0.15) is 6.42 Å². The maximum Gasteiger partial charge on any atom is 0.326 e. The van der Waals surface area contributed by atoms with Gasteiger partial charge < -0.3 is 21.1 Å². The van der Waals surface area contributed by atoms with Gasteiger partial charge in [-0.15, -0.1) is 0 Å². The van der Waals surface area contributed by atoms with Crippen molar-refractivity contribution in [2.75, 3.05) is 12.0 Å². The summed E-state index contributed by atoms with van der Waals surface area (Å²) in [5.41, 5.74) is 0. The van der Waals surface area contributed by atoms with E-state index in [1.54, 1.807) is 0 Å². The molecule has 0 spiro atoms. The summed E-state index contributed by atoms with van der Waals surface area (Å²) >= 11 is 1.51. The largest absolute Gasteiger partial charge is 0.480 e. The Balaban J connectivity index is 2.15. The van der Waals surface area contributed by atoms with Crippen molar-refractivity contribution in [1.29, 1.82) is 0 Å². The van der Waals surface area contributed by atoms with Crippen LogP contribution in [0.3, 0.4) is 0 Å². The minimum absolute atomic E-state index is 0.336. The van der Waals surface area contributed by atoms with Crippen molar-refractivity contribution in [1.82, 2.24) is 20.9 Å². The fourth-order valence-corrected chi connectivity index (χ4v) is 2.56. The van der Waals surface area contributed by atoms with E-state index in [1.807, 2.05) is 6.26 Å². The molecule has 100 valence electrons. The molecule has 0 aliphatic carbocycles. The number of nitrogens with one attached hydrogen (secondary N) is 3. The molecular formula is C9H14N4O4S. The monoisotopic (exact) mass is 274 g/mol. The second-order valence-corrected chi connectivity index (χ2v) is 5.02. The lowest BCUT2D eigenvalue weighted by molar-refractivity contribution is -0.142. The molecule has 3 atom stereocenters. The van der Waals surface area contributed by atoms with Crippen molar-refractivity contribution in [3.63, 3.8) is 0 Å². The molecule has 2 heterocycles. The average Bonchev–Trinajstić information content (AvgIpc) is 2.76. The lowest BCUT2D eigenvalue weighted by Gasteiger charge is -2.27. The van der Waals surface area contributed by atoms with Crippen LogP contribution in [-0.4, -0.2) is 58.4 Å². The fraction of sp³-hybridized carbons (Fsp3) is 0.667. The minimum Gasteiger partial charge on any atom is -0.480 e. The van der Waals surface area contributed by atoms with Gasteiger partial charge in [0.2, 0.25) is 0 Å². The minimum atomic E-state index is -1.07. The van der Waals surface area contributed by atoms with E-state index in [1.165, 1.54) is 16.7 Å². The van der Waals surface area contributed by atoms with Crippen molar-refractivity contribution in [2.45, 2.75) is 24.8 Å². The molecule has 0 saturated carbocycles. The first-order valence-corrected chi connectivity index (χ1v) is 6.81. The summed E-state index contributed by atoms with van der Waals surface area (Å²) in [5, 5.41) is 16.8. The summed E-state index contributed by atoms with van der Waals surface area (Å²) in [5.74, 6) is -0.444. The highest BCUT2D eigenvalue weighted by Crippen LogP contribution is 2.20. The summed E-state index contributed by atoms with van der Waals surface area (Å²) in [7, 11) is 0. The molecule has 9 heteroatoms. The van der Waals surface area contributed by atoms with Crippen molar-refractivity contribution in [2.24, 2.45) is 0 Å². The van der Waals surface area contributed by atoms with E-state index in [0.717, 1.165) is 0 Å². The van der Waals surface area contributed by atoms with Crippen molar-refractivity contribution < 1.29 is 19.5 Å². The molecule has 4 amide bonds. The number of rotatable bonds is 5. The van der Waals surface area contributed by atoms with Gasteiger partial charge in [0.25, 0.3) is 0 Å². The highest BCUT2D eigenvalue weighted by Gasteiger charge is 2.49. The summed E-state index contributed by atoms with van der Waals surface area (Å²) in [6, 6.07) is -1.83. The highest BCUT2D eigenvalue weighted by atomic mass is 32.2. The second kappa shape index (κ2) is 4.92. The highest BCUT2D eigenvalue weighted by molar-refractivity contribution is 7.98. The third-order valence-electron chi connectivity index (χ3n) is 2.91. The van der Waals surface area contributed by atoms with Gasteiger partial charge in [-0.2, -0.15) is 11.8 Å². The lowest BCUT2D eigenvalue weighted by atomic mass is 10.2. The van der Waals surface area contributed by atoms with E-state index in [9.17, 15) is 19.5 Å². The van der Waals surface area contributed by atoms with Crippen LogP contribution in [0.2, 0.25) is 0 Å². The number of hydrogen-bond acceptors (Lipinski definition) is 4. The molecule has 2 rings (SSSR count). The molecule has 2 fully saturated rings. The number of aliphatic carboxylic acids is 1. The van der Waals surface area contributed by atoms with Crippen molar-refractivity contribution >= 4 is 29.8 Å². The average molecular weight is 274 g/mol. The molecule has 18 heavy (non-hydrogen) atoms. The molecule has 2 aliphatic rings. The first-order valence-electron chi connectivity index (χ1n) is 5.42. The number of hydrogen-bond donors (Lipinski definition) is 4. The Morgan fingerprint density at radius 2 is 2.17 bits per heavy atom. The number of carboxylic acids is 1. The Hall–Kier alpha value is -1.64. The standard InChI is InChI=1S/C9H14N4O4S/c1-18-3-2-4(7(14)15)13-6-5(11-9(13)17)10-8(16)12-6/h4-6H,2-3H2,1H3,(H,11,17)(H,14,15)(H2,10,12,16)/t4-,5+,6-/m0/s1. The number of amides is 4. The Labute approximate surface area is 107 Å². The van der Waals surface area contributed by atoms with Gasteiger partial charge in [0.05, 0.1) is 0 Å². The topological polar surface area (TPSA) is 111 Å². The Kier molecular flexibility index (Phi) is 3.50. The van der Waals surface area contributed by atoms with Gasteiger partial charge in [-0.05, 0) is 18.4 Å². The number of urea groups is 2. The molecule has 0 aromatic carbocycles. The van der Waals surface area contributed by atoms with E-state index < -0.39 is 36.4 Å². The Bertz CT molecular complexity index is 391. The second-order valence-electron chi connectivity index (χ2n) is 4.03. The SMILES string of the molecule is CSCC[C@@H](C(=O)O)N1C(=O)N[C@H]2NC(=O)N[C@H]21. The van der Waals surface area contributed by atoms with E-state index in [4.69, 9.17) is 0 Å². The van der Waals surface area contributed by atoms with Crippen LogP contribution in [0.15, 0.2) is 0 Å². The number of nitrogens with zero attached hydrogens (tertiary/aromatic N) is 1. The van der Waals surface area contributed by atoms with Crippen LogP contribution in [-0.2, 0) is 4.79 Å². The van der Waals surface area contributed by atoms with Crippen LogP contribution in [0, 0.1) is 0 Å². The molecule has 2 saturated heterocycles. The molecule has 2 aliphatic heterocycles. The zero-order chi connectivity index (χ0) is 13.3. The molecule has 4 N–H and O–H groups in total. The van der Waals surface area contributed by atoms with Crippen LogP contribution in [0.25, 0.3) is 0 Å². The number of carbonyl (C=O) groups excluding carboxylic acids is 2. The molecule has 0 aromatic heterocycles. The smallest absolute Gasteiger partial charge is 0.326 e. The van der Waals surface area contributed by atoms with Crippen molar-refractivity contribution in [3.05, 3.63) is 0 Å². The lowest BCUT2D eigenvalue weighted by Crippen LogP contribution is -2.52. The molecule has 0 unspecified atom stereocenters. The number of fused-ring (bicyclic) bond motifs is 1. The Morgan fingerprint density at radius 3 is 2.78 bits per heavy atom. The third kappa shape index (κ3) is 2.17. The fourth-order valence-electron chi connectivity index (χ4n) is 2.10. The maximum absolute atomic E-state index is 11.8. The quantitative estimate of drug-likeness (QED) is 0.523. The van der Waals surface area contributed by atoms with E-state index in [2.05, 4.69) is 16.0 Å². The summed E-state index contributed by atoms with van der Waals surface area (Å²) in [4.78, 5) is 35.3. The predicted octanol–water partition coefficient (Wildman–Crippen LogP) is -0.817. The zero-order valence-electron chi connectivity index (χ0n) is 9.67. The Morgan fingerprint density at radius 1 is 1.44 bits per heavy atom. The molecular weight excluding hydrogens is 260 g/mol. The van der Waals surface area contributed by atoms with Gasteiger partial charge in [0, 0.05) is 0 Å². The van der Waals surface area contributed by atoms with Crippen LogP contribution < -0.4 is 16.0 Å². The van der Waals surface area contributed by atoms with Gasteiger partial charge in [-0.25, -0.2) is 14.4 Å². The normalized spacial score (nSPS) is 27.3. The summed E-state index contributed by atoms with van der Waals surface area (Å²) in [6.45, 7) is 0. The maximum atomic E-state index is 11.8. The summed E-state index contributed by atoms with van der Waals surface area (Å²) in [6.07, 6.45) is 0.988. The van der Waals surface area contributed by atoms with Gasteiger partial charge in [-0.3, -0.25) is 4.90 Å². The van der Waals surface area contributed by atoms with E-state index >= 15 is 0 Å². The van der Waals surface area contributed by atoms with Crippen LogP contribution >= 0.6 is 11.8 Å². The first-order chi connectivity index (χ1) is 8.54. The predicted molar refractivity (Wildman–Crippen MR) is 64.0 cm³/mol.